The molecule has 0 aromatic carbocycles. The molecular weight excluding hydrogens is 218 g/mol. The first-order chi connectivity index (χ1) is 7.95. The highest BCUT2D eigenvalue weighted by molar-refractivity contribution is 5.93. The Morgan fingerprint density at radius 3 is 2.65 bits per heavy atom. The normalized spacial score (nSPS) is 13.2. The van der Waals surface area contributed by atoms with Crippen LogP contribution in [0.25, 0.3) is 0 Å². The van der Waals surface area contributed by atoms with E-state index in [1.165, 1.54) is 12.4 Å². The quantitative estimate of drug-likeness (QED) is 0.819. The Hall–Kier alpha value is -1.49. The number of nitrogens with one attached hydrogen (secondary N) is 1. The van der Waals surface area contributed by atoms with Crippen molar-refractivity contribution in [3.8, 4) is 0 Å². The molecule has 1 aromatic heterocycles. The van der Waals surface area contributed by atoms with Gasteiger partial charge in [-0.25, -0.2) is 0 Å². The van der Waals surface area contributed by atoms with Crippen LogP contribution in [0.5, 0.6) is 0 Å². The summed E-state index contributed by atoms with van der Waals surface area (Å²) in [6.07, 6.45) is 3.44. The second kappa shape index (κ2) is 5.72. The summed E-state index contributed by atoms with van der Waals surface area (Å²) in [6.45, 7) is 6.13. The lowest BCUT2D eigenvalue weighted by Gasteiger charge is -2.31. The van der Waals surface area contributed by atoms with Gasteiger partial charge in [-0.3, -0.25) is 4.79 Å². The zero-order valence-electron chi connectivity index (χ0n) is 10.5. The molecular formula is C12H19N3O2. The van der Waals surface area contributed by atoms with E-state index in [2.05, 4.69) is 15.5 Å². The van der Waals surface area contributed by atoms with Crippen LogP contribution in [0.4, 0.5) is 0 Å². The van der Waals surface area contributed by atoms with Crippen LogP contribution in [0.15, 0.2) is 18.5 Å². The van der Waals surface area contributed by atoms with Crippen LogP contribution < -0.4 is 5.32 Å². The van der Waals surface area contributed by atoms with Crippen molar-refractivity contribution in [3.63, 3.8) is 0 Å². The lowest BCUT2D eigenvalue weighted by Crippen LogP contribution is -2.44. The fraction of sp³-hybridized carbons (Fsp3) is 0.583. The lowest BCUT2D eigenvalue weighted by molar-refractivity contribution is 0.0884. The summed E-state index contributed by atoms with van der Waals surface area (Å²) in [7, 11) is 0. The number of hydrogen-bond donors (Lipinski definition) is 2. The second-order valence-corrected chi connectivity index (χ2v) is 5.04. The van der Waals surface area contributed by atoms with Crippen molar-refractivity contribution in [2.24, 2.45) is 5.41 Å². The molecule has 0 aliphatic carbocycles. The van der Waals surface area contributed by atoms with Crippen molar-refractivity contribution in [1.29, 1.82) is 0 Å². The third-order valence-corrected chi connectivity index (χ3v) is 2.61. The predicted molar refractivity (Wildman–Crippen MR) is 64.4 cm³/mol. The predicted octanol–water partition coefficient (Wildman–Crippen LogP) is 1.00. The summed E-state index contributed by atoms with van der Waals surface area (Å²) in [5, 5.41) is 19.2. The smallest absolute Gasteiger partial charge is 0.253 e. The largest absolute Gasteiger partial charge is 0.396 e. The average molecular weight is 237 g/mol. The van der Waals surface area contributed by atoms with Gasteiger partial charge in [-0.1, -0.05) is 20.8 Å². The molecule has 0 bridgehead atoms. The topological polar surface area (TPSA) is 75.1 Å². The van der Waals surface area contributed by atoms with Crippen molar-refractivity contribution in [3.05, 3.63) is 24.0 Å². The van der Waals surface area contributed by atoms with Gasteiger partial charge in [0.2, 0.25) is 0 Å². The Kier molecular flexibility index (Phi) is 4.57. The number of aliphatic hydroxyl groups is 1. The van der Waals surface area contributed by atoms with Gasteiger partial charge < -0.3 is 10.4 Å². The molecule has 1 amide bonds. The van der Waals surface area contributed by atoms with Crippen LogP contribution in [-0.2, 0) is 0 Å². The first-order valence-electron chi connectivity index (χ1n) is 5.63. The number of aromatic nitrogens is 2. The molecule has 2 N–H and O–H groups in total. The summed E-state index contributed by atoms with van der Waals surface area (Å²) in [6, 6.07) is 1.54. The van der Waals surface area contributed by atoms with E-state index in [0.29, 0.717) is 12.0 Å². The molecule has 5 nitrogen and oxygen atoms in total. The van der Waals surface area contributed by atoms with E-state index in [4.69, 9.17) is 5.11 Å². The van der Waals surface area contributed by atoms with Gasteiger partial charge in [-0.2, -0.15) is 10.2 Å². The standard InChI is InChI=1S/C12H19N3O2/c1-12(2,3)10(5-7-16)15-11(17)9-4-6-13-14-8-9/h4,6,8,10,16H,5,7H2,1-3H3,(H,15,17). The fourth-order valence-corrected chi connectivity index (χ4v) is 1.52. The van der Waals surface area contributed by atoms with Crippen LogP contribution in [0, 0.1) is 5.41 Å². The molecule has 1 aromatic rings. The van der Waals surface area contributed by atoms with E-state index >= 15 is 0 Å². The Labute approximate surface area is 101 Å². The SMILES string of the molecule is CC(C)(C)C(CCO)NC(=O)c1ccnnc1. The van der Waals surface area contributed by atoms with Crippen LogP contribution in [0.2, 0.25) is 0 Å². The Bertz CT molecular complexity index is 360. The fourth-order valence-electron chi connectivity index (χ4n) is 1.52. The van der Waals surface area contributed by atoms with Gasteiger partial charge in [0.1, 0.15) is 0 Å². The maximum absolute atomic E-state index is 11.9. The minimum atomic E-state index is -0.187. The first-order valence-corrected chi connectivity index (χ1v) is 5.63. The summed E-state index contributed by atoms with van der Waals surface area (Å²) in [5.41, 5.74) is 0.381. The first kappa shape index (κ1) is 13.6. The number of hydrogen-bond acceptors (Lipinski definition) is 4. The number of amides is 1. The monoisotopic (exact) mass is 237 g/mol. The second-order valence-electron chi connectivity index (χ2n) is 5.04. The maximum atomic E-state index is 11.9. The van der Waals surface area contributed by atoms with Crippen LogP contribution in [-0.4, -0.2) is 33.9 Å². The van der Waals surface area contributed by atoms with Gasteiger partial charge in [0, 0.05) is 12.6 Å². The zero-order chi connectivity index (χ0) is 12.9. The molecule has 1 unspecified atom stereocenters. The van der Waals surface area contributed by atoms with Crippen molar-refractivity contribution in [1.82, 2.24) is 15.5 Å². The molecule has 1 heterocycles. The zero-order valence-corrected chi connectivity index (χ0v) is 10.5. The number of rotatable bonds is 4. The Morgan fingerprint density at radius 2 is 2.18 bits per heavy atom. The van der Waals surface area contributed by atoms with E-state index in [0.717, 1.165) is 0 Å². The molecule has 1 rings (SSSR count). The van der Waals surface area contributed by atoms with E-state index in [9.17, 15) is 4.79 Å². The Balaban J connectivity index is 2.71. The Morgan fingerprint density at radius 1 is 1.47 bits per heavy atom. The summed E-state index contributed by atoms with van der Waals surface area (Å²) < 4.78 is 0. The van der Waals surface area contributed by atoms with Crippen LogP contribution in [0.1, 0.15) is 37.6 Å². The van der Waals surface area contributed by atoms with E-state index in [1.54, 1.807) is 6.07 Å². The van der Waals surface area contributed by atoms with Gasteiger partial charge in [0.05, 0.1) is 18.0 Å². The van der Waals surface area contributed by atoms with Gasteiger partial charge in [-0.15, -0.1) is 0 Å². The summed E-state index contributed by atoms with van der Waals surface area (Å²) in [4.78, 5) is 11.9. The lowest BCUT2D eigenvalue weighted by atomic mass is 9.85. The number of aliphatic hydroxyl groups excluding tert-OH is 1. The summed E-state index contributed by atoms with van der Waals surface area (Å²) in [5.74, 6) is -0.187. The van der Waals surface area contributed by atoms with Gasteiger partial charge in [0.25, 0.3) is 5.91 Å². The van der Waals surface area contributed by atoms with E-state index in [1.807, 2.05) is 20.8 Å². The van der Waals surface area contributed by atoms with Crippen LogP contribution in [0.3, 0.4) is 0 Å². The molecule has 94 valence electrons. The molecule has 0 saturated carbocycles. The molecule has 1 atom stereocenters. The van der Waals surface area contributed by atoms with Crippen molar-refractivity contribution in [2.45, 2.75) is 33.2 Å². The maximum Gasteiger partial charge on any atom is 0.253 e. The van der Waals surface area contributed by atoms with Crippen molar-refractivity contribution >= 4 is 5.91 Å². The number of carbonyl (C=O) groups excluding carboxylic acids is 1. The molecule has 0 aliphatic rings. The summed E-state index contributed by atoms with van der Waals surface area (Å²) >= 11 is 0. The minimum absolute atomic E-state index is 0.0524. The van der Waals surface area contributed by atoms with E-state index < -0.39 is 0 Å². The minimum Gasteiger partial charge on any atom is -0.396 e. The highest BCUT2D eigenvalue weighted by Gasteiger charge is 2.26. The third-order valence-electron chi connectivity index (χ3n) is 2.61. The van der Waals surface area contributed by atoms with Crippen LogP contribution >= 0.6 is 0 Å². The van der Waals surface area contributed by atoms with Gasteiger partial charge in [0.15, 0.2) is 0 Å². The highest BCUT2D eigenvalue weighted by Crippen LogP contribution is 2.21. The van der Waals surface area contributed by atoms with Gasteiger partial charge in [-0.05, 0) is 17.9 Å². The molecule has 0 aliphatic heterocycles. The molecule has 0 spiro atoms. The van der Waals surface area contributed by atoms with Gasteiger partial charge >= 0.3 is 0 Å². The van der Waals surface area contributed by atoms with Crippen molar-refractivity contribution in [2.75, 3.05) is 6.61 Å². The molecule has 0 saturated heterocycles. The molecule has 5 heteroatoms. The average Bonchev–Trinajstić information content (AvgIpc) is 2.28. The molecule has 0 fully saturated rings. The third kappa shape index (κ3) is 4.11. The molecule has 17 heavy (non-hydrogen) atoms. The van der Waals surface area contributed by atoms with E-state index in [-0.39, 0.29) is 24.0 Å². The molecule has 0 radical (unpaired) electrons. The van der Waals surface area contributed by atoms with Crippen molar-refractivity contribution < 1.29 is 9.90 Å². The highest BCUT2D eigenvalue weighted by atomic mass is 16.3. The number of nitrogens with zero attached hydrogens (tertiary/aromatic N) is 2. The number of carbonyl (C=O) groups is 1.